The van der Waals surface area contributed by atoms with Crippen LogP contribution in [-0.4, -0.2) is 4.92 Å². The minimum absolute atomic E-state index is 0.148. The molecule has 0 amide bonds. The van der Waals surface area contributed by atoms with Crippen molar-refractivity contribution < 1.29 is 18.4 Å². The Morgan fingerprint density at radius 2 is 1.68 bits per heavy atom. The third-order valence-corrected chi connectivity index (χ3v) is 2.85. The summed E-state index contributed by atoms with van der Waals surface area (Å²) in [7, 11) is 0. The van der Waals surface area contributed by atoms with Gasteiger partial charge in [0.25, 0.3) is 0 Å². The Balaban J connectivity index is 2.42. The van der Waals surface area contributed by atoms with Gasteiger partial charge in [0.2, 0.25) is 5.75 Å². The van der Waals surface area contributed by atoms with Crippen molar-refractivity contribution in [1.29, 1.82) is 0 Å². The van der Waals surface area contributed by atoms with Crippen LogP contribution in [0.25, 0.3) is 0 Å². The fraction of sp³-hybridized carbons (Fsp3) is 0. The van der Waals surface area contributed by atoms with E-state index in [0.29, 0.717) is 0 Å². The van der Waals surface area contributed by atoms with Crippen LogP contribution in [0.3, 0.4) is 0 Å². The lowest BCUT2D eigenvalue weighted by Gasteiger charge is -2.08. The molecule has 0 radical (unpaired) electrons. The van der Waals surface area contributed by atoms with E-state index >= 15 is 0 Å². The Kier molecular flexibility index (Phi) is 3.75. The zero-order valence-electron chi connectivity index (χ0n) is 9.27. The van der Waals surface area contributed by atoms with Gasteiger partial charge in [0.15, 0.2) is 0 Å². The Morgan fingerprint density at radius 1 is 1.05 bits per heavy atom. The normalized spacial score (nSPS) is 10.3. The molecule has 2 rings (SSSR count). The first-order chi connectivity index (χ1) is 8.97. The average molecular weight is 330 g/mol. The molecule has 0 saturated carbocycles. The van der Waals surface area contributed by atoms with Gasteiger partial charge in [0.05, 0.1) is 9.40 Å². The molecule has 0 heterocycles. The van der Waals surface area contributed by atoms with Crippen LogP contribution in [-0.2, 0) is 0 Å². The van der Waals surface area contributed by atoms with Gasteiger partial charge < -0.3 is 4.74 Å². The number of hydrogen-bond acceptors (Lipinski definition) is 3. The molecule has 19 heavy (non-hydrogen) atoms. The third-order valence-electron chi connectivity index (χ3n) is 2.23. The van der Waals surface area contributed by atoms with E-state index in [4.69, 9.17) is 4.74 Å². The zero-order valence-corrected chi connectivity index (χ0v) is 10.9. The highest BCUT2D eigenvalue weighted by atomic mass is 79.9. The smallest absolute Gasteiger partial charge is 0.311 e. The van der Waals surface area contributed by atoms with E-state index in [9.17, 15) is 18.9 Å². The number of benzene rings is 2. The summed E-state index contributed by atoms with van der Waals surface area (Å²) in [5, 5.41) is 10.8. The summed E-state index contributed by atoms with van der Waals surface area (Å²) in [4.78, 5) is 10.1. The number of halogens is 3. The molecule has 0 spiro atoms. The molecule has 0 aliphatic heterocycles. The number of nitrogens with zero attached hydrogens (tertiary/aromatic N) is 1. The maximum Gasteiger partial charge on any atom is 0.311 e. The highest BCUT2D eigenvalue weighted by molar-refractivity contribution is 9.10. The number of hydrogen-bond donors (Lipinski definition) is 0. The first-order valence-corrected chi connectivity index (χ1v) is 5.83. The molecule has 4 nitrogen and oxygen atoms in total. The van der Waals surface area contributed by atoms with Gasteiger partial charge in [0, 0.05) is 12.1 Å². The van der Waals surface area contributed by atoms with Crippen molar-refractivity contribution in [2.24, 2.45) is 0 Å². The molecule has 98 valence electrons. The Hall–Kier alpha value is -2.02. The van der Waals surface area contributed by atoms with E-state index in [0.717, 1.165) is 30.3 Å². The average Bonchev–Trinajstić information content (AvgIpc) is 2.32. The standard InChI is InChI=1S/C12H6BrF2NO3/c13-9-5-7(14)2-4-11(9)19-12-6-8(15)1-3-10(12)16(17)18/h1-6H. The van der Waals surface area contributed by atoms with Gasteiger partial charge in [-0.15, -0.1) is 0 Å². The van der Waals surface area contributed by atoms with E-state index in [-0.39, 0.29) is 21.7 Å². The molecule has 0 atom stereocenters. The van der Waals surface area contributed by atoms with Crippen molar-refractivity contribution in [3.05, 3.63) is 62.6 Å². The van der Waals surface area contributed by atoms with Crippen LogP contribution in [0, 0.1) is 21.7 Å². The maximum atomic E-state index is 13.1. The fourth-order valence-corrected chi connectivity index (χ4v) is 1.83. The summed E-state index contributed by atoms with van der Waals surface area (Å²) < 4.78 is 31.5. The molecule has 7 heteroatoms. The molecular formula is C12H6BrF2NO3. The van der Waals surface area contributed by atoms with Gasteiger partial charge in [0.1, 0.15) is 17.4 Å². The zero-order chi connectivity index (χ0) is 14.0. The molecule has 0 bridgehead atoms. The van der Waals surface area contributed by atoms with Gasteiger partial charge in [-0.1, -0.05) is 0 Å². The van der Waals surface area contributed by atoms with Crippen LogP contribution in [0.4, 0.5) is 14.5 Å². The van der Waals surface area contributed by atoms with E-state index in [1.54, 1.807) is 0 Å². The van der Waals surface area contributed by atoms with Gasteiger partial charge in [-0.05, 0) is 40.2 Å². The summed E-state index contributed by atoms with van der Waals surface area (Å²) in [6.07, 6.45) is 0. The molecule has 0 fully saturated rings. The Bertz CT molecular complexity index is 649. The van der Waals surface area contributed by atoms with E-state index in [1.165, 1.54) is 6.07 Å². The van der Waals surface area contributed by atoms with Crippen molar-refractivity contribution >= 4 is 21.6 Å². The summed E-state index contributed by atoms with van der Waals surface area (Å²) in [5.41, 5.74) is -0.377. The predicted molar refractivity (Wildman–Crippen MR) is 67.2 cm³/mol. The minimum Gasteiger partial charge on any atom is -0.449 e. The topological polar surface area (TPSA) is 52.4 Å². The molecule has 2 aromatic rings. The predicted octanol–water partition coefficient (Wildman–Crippen LogP) is 4.43. The molecule has 0 saturated heterocycles. The summed E-state index contributed by atoms with van der Waals surface area (Å²) in [6.45, 7) is 0. The molecule has 0 aliphatic carbocycles. The van der Waals surface area contributed by atoms with Gasteiger partial charge in [-0.2, -0.15) is 0 Å². The summed E-state index contributed by atoms with van der Waals surface area (Å²) in [5.74, 6) is -1.26. The lowest BCUT2D eigenvalue weighted by atomic mass is 10.3. The van der Waals surface area contributed by atoms with E-state index in [1.807, 2.05) is 0 Å². The summed E-state index contributed by atoms with van der Waals surface area (Å²) >= 11 is 3.06. The van der Waals surface area contributed by atoms with E-state index < -0.39 is 16.6 Å². The van der Waals surface area contributed by atoms with E-state index in [2.05, 4.69) is 15.9 Å². The van der Waals surface area contributed by atoms with Crippen molar-refractivity contribution in [2.45, 2.75) is 0 Å². The third kappa shape index (κ3) is 3.05. The Morgan fingerprint density at radius 3 is 2.32 bits per heavy atom. The second-order valence-corrected chi connectivity index (χ2v) is 4.40. The van der Waals surface area contributed by atoms with Crippen LogP contribution < -0.4 is 4.74 Å². The molecule has 0 N–H and O–H groups in total. The van der Waals surface area contributed by atoms with Crippen LogP contribution >= 0.6 is 15.9 Å². The van der Waals surface area contributed by atoms with Crippen molar-refractivity contribution in [3.63, 3.8) is 0 Å². The maximum absolute atomic E-state index is 13.1. The molecular weight excluding hydrogens is 324 g/mol. The van der Waals surface area contributed by atoms with Crippen LogP contribution in [0.5, 0.6) is 11.5 Å². The van der Waals surface area contributed by atoms with Crippen LogP contribution in [0.15, 0.2) is 40.9 Å². The van der Waals surface area contributed by atoms with Crippen molar-refractivity contribution in [2.75, 3.05) is 0 Å². The van der Waals surface area contributed by atoms with Gasteiger partial charge in [-0.3, -0.25) is 10.1 Å². The summed E-state index contributed by atoms with van der Waals surface area (Å²) in [6, 6.07) is 6.42. The van der Waals surface area contributed by atoms with Gasteiger partial charge in [-0.25, -0.2) is 8.78 Å². The highest BCUT2D eigenvalue weighted by Crippen LogP contribution is 2.35. The lowest BCUT2D eigenvalue weighted by molar-refractivity contribution is -0.385. The SMILES string of the molecule is O=[N+]([O-])c1ccc(F)cc1Oc1ccc(F)cc1Br. The van der Waals surface area contributed by atoms with Crippen LogP contribution in [0.2, 0.25) is 0 Å². The number of ether oxygens (including phenoxy) is 1. The molecule has 0 aromatic heterocycles. The first-order valence-electron chi connectivity index (χ1n) is 5.04. The molecule has 0 unspecified atom stereocenters. The number of nitro benzene ring substituents is 1. The lowest BCUT2D eigenvalue weighted by Crippen LogP contribution is -1.95. The van der Waals surface area contributed by atoms with Crippen molar-refractivity contribution in [1.82, 2.24) is 0 Å². The Labute approximate surface area is 114 Å². The van der Waals surface area contributed by atoms with Gasteiger partial charge >= 0.3 is 5.69 Å². The number of rotatable bonds is 3. The van der Waals surface area contributed by atoms with Crippen molar-refractivity contribution in [3.8, 4) is 11.5 Å². The quantitative estimate of drug-likeness (QED) is 0.618. The first kappa shape index (κ1) is 13.4. The fourth-order valence-electron chi connectivity index (χ4n) is 1.40. The second kappa shape index (κ2) is 5.31. The molecule has 2 aromatic carbocycles. The minimum atomic E-state index is -0.688. The monoisotopic (exact) mass is 329 g/mol. The second-order valence-electron chi connectivity index (χ2n) is 3.55. The highest BCUT2D eigenvalue weighted by Gasteiger charge is 2.17. The molecule has 0 aliphatic rings. The number of nitro groups is 1. The largest absolute Gasteiger partial charge is 0.449 e. The van der Waals surface area contributed by atoms with Crippen LogP contribution in [0.1, 0.15) is 0 Å².